The zero-order valence-corrected chi connectivity index (χ0v) is 22.6. The Morgan fingerprint density at radius 1 is 0.941 bits per heavy atom. The topological polar surface area (TPSA) is 82.7 Å². The minimum Gasteiger partial charge on any atom is -0.446 e. The summed E-state index contributed by atoms with van der Waals surface area (Å²) in [5.41, 5.74) is 2.74. The van der Waals surface area contributed by atoms with Crippen molar-refractivity contribution in [3.8, 4) is 11.1 Å². The molecular weight excluding hydrogens is 505 g/mol. The van der Waals surface area contributed by atoms with Gasteiger partial charge in [-0.25, -0.2) is 9.59 Å². The van der Waals surface area contributed by atoms with E-state index in [9.17, 15) is 9.59 Å². The normalized spacial score (nSPS) is 14.0. The molecule has 1 aliphatic rings. The zero-order valence-electron chi connectivity index (χ0n) is 19.8. The summed E-state index contributed by atoms with van der Waals surface area (Å²) in [5, 5.41) is 8.66. The molecule has 7 nitrogen and oxygen atoms in total. The quantitative estimate of drug-likeness (QED) is 0.302. The van der Waals surface area contributed by atoms with E-state index in [2.05, 4.69) is 27.8 Å². The number of nitrogens with zero attached hydrogens (tertiary/aromatic N) is 1. The Kier molecular flexibility index (Phi) is 13.2. The smallest absolute Gasteiger partial charge is 0.411 e. The largest absolute Gasteiger partial charge is 0.446 e. The second-order valence-corrected chi connectivity index (χ2v) is 8.23. The summed E-state index contributed by atoms with van der Waals surface area (Å²) in [4.78, 5) is 26.6. The van der Waals surface area contributed by atoms with E-state index in [0.29, 0.717) is 13.1 Å². The zero-order chi connectivity index (χ0) is 23.3. The first-order valence-corrected chi connectivity index (χ1v) is 11.8. The van der Waals surface area contributed by atoms with Crippen LogP contribution in [0, 0.1) is 6.92 Å². The number of piperidine rings is 1. The van der Waals surface area contributed by atoms with E-state index in [1.54, 1.807) is 0 Å². The van der Waals surface area contributed by atoms with Gasteiger partial charge in [0.25, 0.3) is 0 Å². The number of unbranched alkanes of at least 4 members (excludes halogenated alkanes) is 2. The van der Waals surface area contributed by atoms with Gasteiger partial charge in [-0.1, -0.05) is 55.0 Å². The molecule has 0 aromatic heterocycles. The number of nitrogens with one attached hydrogen (secondary N) is 3. The molecule has 1 saturated heterocycles. The number of likely N-dealkylation sites (tertiary alicyclic amines) is 1. The van der Waals surface area contributed by atoms with Crippen molar-refractivity contribution in [3.63, 3.8) is 0 Å². The number of para-hydroxylation sites is 1. The summed E-state index contributed by atoms with van der Waals surface area (Å²) in [7, 11) is 0. The minimum absolute atomic E-state index is 0. The van der Waals surface area contributed by atoms with Gasteiger partial charge in [0.1, 0.15) is 6.10 Å². The van der Waals surface area contributed by atoms with E-state index in [4.69, 9.17) is 4.74 Å². The Morgan fingerprint density at radius 3 is 2.35 bits per heavy atom. The van der Waals surface area contributed by atoms with Crippen LogP contribution < -0.4 is 16.0 Å². The molecule has 1 fully saturated rings. The summed E-state index contributed by atoms with van der Waals surface area (Å²) < 4.78 is 5.68. The van der Waals surface area contributed by atoms with Crippen molar-refractivity contribution < 1.29 is 47.0 Å². The Morgan fingerprint density at radius 2 is 1.62 bits per heavy atom. The number of urea groups is 1. The SMILES string of the molecule is [CH2-]CCCCNC(=O)NCCN1CCC(OC(=O)Nc2ccccc2-c2ccccc2)CC1.[Y]. The number of rotatable bonds is 10. The van der Waals surface area contributed by atoms with Gasteiger partial charge in [-0.15, -0.1) is 0 Å². The molecule has 1 radical (unpaired) electrons. The van der Waals surface area contributed by atoms with E-state index in [1.807, 2.05) is 54.6 Å². The molecule has 0 saturated carbocycles. The van der Waals surface area contributed by atoms with Crippen LogP contribution in [0.5, 0.6) is 0 Å². The summed E-state index contributed by atoms with van der Waals surface area (Å²) in [6.07, 6.45) is 3.91. The van der Waals surface area contributed by atoms with Gasteiger partial charge >= 0.3 is 12.1 Å². The molecule has 0 spiro atoms. The van der Waals surface area contributed by atoms with Gasteiger partial charge in [-0.05, 0) is 30.9 Å². The summed E-state index contributed by atoms with van der Waals surface area (Å²) in [6, 6.07) is 17.6. The molecule has 3 rings (SSSR count). The molecule has 8 heteroatoms. The predicted octanol–water partition coefficient (Wildman–Crippen LogP) is 4.67. The van der Waals surface area contributed by atoms with Crippen molar-refractivity contribution in [2.75, 3.05) is 38.0 Å². The van der Waals surface area contributed by atoms with Crippen molar-refractivity contribution in [3.05, 3.63) is 61.5 Å². The molecule has 1 heterocycles. The number of ether oxygens (including phenoxy) is 1. The van der Waals surface area contributed by atoms with Gasteiger partial charge in [-0.2, -0.15) is 6.42 Å². The predicted molar refractivity (Wildman–Crippen MR) is 132 cm³/mol. The van der Waals surface area contributed by atoms with E-state index < -0.39 is 6.09 Å². The molecule has 2 aromatic rings. The van der Waals surface area contributed by atoms with Crippen molar-refractivity contribution in [2.24, 2.45) is 0 Å². The van der Waals surface area contributed by atoms with Crippen molar-refractivity contribution in [2.45, 2.75) is 38.2 Å². The maximum atomic E-state index is 12.5. The van der Waals surface area contributed by atoms with Gasteiger partial charge in [0.2, 0.25) is 0 Å². The van der Waals surface area contributed by atoms with Crippen molar-refractivity contribution in [1.29, 1.82) is 0 Å². The number of anilines is 1. The molecule has 1 aliphatic heterocycles. The molecule has 34 heavy (non-hydrogen) atoms. The van der Waals surface area contributed by atoms with Crippen LogP contribution in [0.4, 0.5) is 15.3 Å². The first-order valence-electron chi connectivity index (χ1n) is 11.8. The van der Waals surface area contributed by atoms with E-state index in [1.165, 1.54) is 0 Å². The van der Waals surface area contributed by atoms with Gasteiger partial charge in [0.15, 0.2) is 0 Å². The number of benzene rings is 2. The molecule has 0 atom stereocenters. The fraction of sp³-hybridized carbons (Fsp3) is 0.423. The average Bonchev–Trinajstić information content (AvgIpc) is 2.84. The average molecular weight is 540 g/mol. The van der Waals surface area contributed by atoms with Gasteiger partial charge in [0, 0.05) is 71.0 Å². The summed E-state index contributed by atoms with van der Waals surface area (Å²) in [5.74, 6) is 0. The van der Waals surface area contributed by atoms with Crippen LogP contribution in [0.15, 0.2) is 54.6 Å². The second kappa shape index (κ2) is 15.9. The van der Waals surface area contributed by atoms with Crippen LogP contribution in [0.25, 0.3) is 11.1 Å². The number of amides is 3. The molecule has 0 unspecified atom stereocenters. The number of carbonyl (C=O) groups is 2. The first kappa shape index (κ1) is 28.3. The van der Waals surface area contributed by atoms with E-state index in [-0.39, 0.29) is 44.8 Å². The maximum Gasteiger partial charge on any atom is 0.411 e. The Bertz CT molecular complexity index is 873. The third-order valence-electron chi connectivity index (χ3n) is 5.73. The van der Waals surface area contributed by atoms with Crippen molar-refractivity contribution >= 4 is 17.8 Å². The van der Waals surface area contributed by atoms with Crippen LogP contribution in [-0.2, 0) is 37.4 Å². The standard InChI is InChI=1S/C26H35N4O3.Y/c1-2-3-9-16-27-25(31)28-17-20-30-18-14-22(15-19-30)33-26(32)29-24-13-8-7-12-23(24)21-10-5-4-6-11-21;/h4-8,10-13,22H,1-3,9,14-20H2,(H,29,32)(H2,27,28,31);/q-1;. The first-order chi connectivity index (χ1) is 16.2. The Hall–Kier alpha value is -1.96. The van der Waals surface area contributed by atoms with Gasteiger partial charge in [0.05, 0.1) is 5.69 Å². The molecular formula is C26H35N4O3Y-. The van der Waals surface area contributed by atoms with E-state index in [0.717, 1.165) is 68.6 Å². The fourth-order valence-corrected chi connectivity index (χ4v) is 3.90. The van der Waals surface area contributed by atoms with E-state index >= 15 is 0 Å². The van der Waals surface area contributed by atoms with Crippen LogP contribution in [0.2, 0.25) is 0 Å². The number of carbonyl (C=O) groups excluding carboxylic acids is 2. The Balaban J connectivity index is 0.00000408. The van der Waals surface area contributed by atoms with Crippen LogP contribution in [0.1, 0.15) is 32.1 Å². The van der Waals surface area contributed by atoms with Gasteiger partial charge in [-0.3, -0.25) is 5.32 Å². The summed E-state index contributed by atoms with van der Waals surface area (Å²) in [6.45, 7) is 7.54. The van der Waals surface area contributed by atoms with Crippen LogP contribution in [-0.4, -0.2) is 55.9 Å². The van der Waals surface area contributed by atoms with Gasteiger partial charge < -0.3 is 27.2 Å². The molecule has 181 valence electrons. The molecule has 2 aromatic carbocycles. The number of hydrogen-bond donors (Lipinski definition) is 3. The molecule has 0 aliphatic carbocycles. The summed E-state index contributed by atoms with van der Waals surface area (Å²) >= 11 is 0. The van der Waals surface area contributed by atoms with Crippen LogP contribution in [0.3, 0.4) is 0 Å². The Labute approximate surface area is 228 Å². The monoisotopic (exact) mass is 540 g/mol. The fourth-order valence-electron chi connectivity index (χ4n) is 3.90. The van der Waals surface area contributed by atoms with Crippen LogP contribution >= 0.6 is 0 Å². The minimum atomic E-state index is -0.422. The number of hydrogen-bond acceptors (Lipinski definition) is 4. The molecule has 3 amide bonds. The van der Waals surface area contributed by atoms with Crippen molar-refractivity contribution in [1.82, 2.24) is 15.5 Å². The third-order valence-corrected chi connectivity index (χ3v) is 5.73. The third kappa shape index (κ3) is 9.73. The molecule has 3 N–H and O–H groups in total. The molecule has 0 bridgehead atoms. The second-order valence-electron chi connectivity index (χ2n) is 8.23. The maximum absolute atomic E-state index is 12.5.